The minimum absolute atomic E-state index is 0.0511. The molecule has 0 bridgehead atoms. The second-order valence-corrected chi connectivity index (χ2v) is 8.89. The SMILES string of the molecule is COc1ccccc1NS(=O)(=O)c1cccc(NC(=O)[C@@H](C)n2c(=O)oc3ccccc32)c1. The van der Waals surface area contributed by atoms with Crippen molar-refractivity contribution in [2.45, 2.75) is 17.9 Å². The number of para-hydroxylation sites is 4. The van der Waals surface area contributed by atoms with Crippen LogP contribution in [0.2, 0.25) is 0 Å². The van der Waals surface area contributed by atoms with Crippen LogP contribution < -0.4 is 20.5 Å². The van der Waals surface area contributed by atoms with Gasteiger partial charge < -0.3 is 14.5 Å². The first-order valence-corrected chi connectivity index (χ1v) is 11.5. The number of aromatic nitrogens is 1. The largest absolute Gasteiger partial charge is 0.495 e. The molecule has 0 aliphatic rings. The number of benzene rings is 3. The van der Waals surface area contributed by atoms with Crippen molar-refractivity contribution in [3.05, 3.63) is 83.3 Å². The molecular formula is C23H21N3O6S. The van der Waals surface area contributed by atoms with Crippen LogP contribution in [0.15, 0.2) is 86.9 Å². The van der Waals surface area contributed by atoms with E-state index in [4.69, 9.17) is 9.15 Å². The van der Waals surface area contributed by atoms with Gasteiger partial charge in [-0.15, -0.1) is 0 Å². The zero-order chi connectivity index (χ0) is 23.6. The number of rotatable bonds is 7. The number of hydrogen-bond acceptors (Lipinski definition) is 6. The van der Waals surface area contributed by atoms with E-state index >= 15 is 0 Å². The second-order valence-electron chi connectivity index (χ2n) is 7.20. The predicted octanol–water partition coefficient (Wildman–Crippen LogP) is 3.60. The molecule has 0 aliphatic carbocycles. The Hall–Kier alpha value is -4.05. The van der Waals surface area contributed by atoms with Crippen LogP contribution >= 0.6 is 0 Å². The van der Waals surface area contributed by atoms with Gasteiger partial charge in [-0.3, -0.25) is 14.1 Å². The van der Waals surface area contributed by atoms with Gasteiger partial charge in [0, 0.05) is 5.69 Å². The number of carbonyl (C=O) groups excluding carboxylic acids is 1. The zero-order valence-corrected chi connectivity index (χ0v) is 18.6. The molecule has 0 spiro atoms. The van der Waals surface area contributed by atoms with E-state index in [1.54, 1.807) is 61.5 Å². The molecule has 0 radical (unpaired) electrons. The number of oxazole rings is 1. The third-order valence-corrected chi connectivity index (χ3v) is 6.41. The molecule has 170 valence electrons. The van der Waals surface area contributed by atoms with Gasteiger partial charge in [-0.2, -0.15) is 0 Å². The maximum atomic E-state index is 12.9. The van der Waals surface area contributed by atoms with E-state index in [1.165, 1.54) is 29.9 Å². The summed E-state index contributed by atoms with van der Waals surface area (Å²) >= 11 is 0. The highest BCUT2D eigenvalue weighted by atomic mass is 32.2. The average Bonchev–Trinajstić information content (AvgIpc) is 3.14. The number of anilines is 2. The number of ether oxygens (including phenoxy) is 1. The van der Waals surface area contributed by atoms with Crippen molar-refractivity contribution in [1.29, 1.82) is 0 Å². The van der Waals surface area contributed by atoms with Crippen LogP contribution in [0, 0.1) is 0 Å². The average molecular weight is 468 g/mol. The number of methoxy groups -OCH3 is 1. The number of nitrogens with one attached hydrogen (secondary N) is 2. The van der Waals surface area contributed by atoms with Gasteiger partial charge in [-0.25, -0.2) is 13.2 Å². The van der Waals surface area contributed by atoms with Gasteiger partial charge in [0.2, 0.25) is 5.91 Å². The van der Waals surface area contributed by atoms with E-state index in [0.717, 1.165) is 0 Å². The summed E-state index contributed by atoms with van der Waals surface area (Å²) in [6.45, 7) is 1.56. The van der Waals surface area contributed by atoms with Crippen LogP contribution in [0.1, 0.15) is 13.0 Å². The highest BCUT2D eigenvalue weighted by molar-refractivity contribution is 7.92. The third kappa shape index (κ3) is 4.46. The van der Waals surface area contributed by atoms with Crippen LogP contribution in [-0.2, 0) is 14.8 Å². The fourth-order valence-corrected chi connectivity index (χ4v) is 4.50. The maximum absolute atomic E-state index is 12.9. The van der Waals surface area contributed by atoms with Crippen molar-refractivity contribution in [3.63, 3.8) is 0 Å². The predicted molar refractivity (Wildman–Crippen MR) is 124 cm³/mol. The fraction of sp³-hybridized carbons (Fsp3) is 0.130. The molecule has 0 unspecified atom stereocenters. The molecule has 0 aliphatic heterocycles. The Morgan fingerprint density at radius 3 is 2.55 bits per heavy atom. The molecule has 4 aromatic rings. The molecule has 33 heavy (non-hydrogen) atoms. The van der Waals surface area contributed by atoms with Gasteiger partial charge in [0.1, 0.15) is 11.8 Å². The van der Waals surface area contributed by atoms with Crippen molar-refractivity contribution in [2.75, 3.05) is 17.1 Å². The van der Waals surface area contributed by atoms with Crippen LogP contribution in [0.4, 0.5) is 11.4 Å². The van der Waals surface area contributed by atoms with Crippen LogP contribution in [-0.4, -0.2) is 26.0 Å². The first kappa shape index (κ1) is 22.2. The molecule has 1 amide bonds. The first-order valence-electron chi connectivity index (χ1n) is 9.97. The molecule has 3 aromatic carbocycles. The van der Waals surface area contributed by atoms with Crippen molar-refractivity contribution < 1.29 is 22.4 Å². The summed E-state index contributed by atoms with van der Waals surface area (Å²) in [6, 6.07) is 18.3. The molecule has 2 N–H and O–H groups in total. The number of carbonyl (C=O) groups is 1. The summed E-state index contributed by atoms with van der Waals surface area (Å²) in [5.41, 5.74) is 1.41. The summed E-state index contributed by atoms with van der Waals surface area (Å²) in [5, 5.41) is 2.66. The minimum Gasteiger partial charge on any atom is -0.495 e. The van der Waals surface area contributed by atoms with Crippen LogP contribution in [0.5, 0.6) is 5.75 Å². The van der Waals surface area contributed by atoms with Gasteiger partial charge >= 0.3 is 5.76 Å². The number of fused-ring (bicyclic) bond motifs is 1. The lowest BCUT2D eigenvalue weighted by molar-refractivity contribution is -0.118. The Morgan fingerprint density at radius 2 is 1.76 bits per heavy atom. The normalized spacial score (nSPS) is 12.3. The molecule has 1 heterocycles. The van der Waals surface area contributed by atoms with Crippen molar-refractivity contribution in [1.82, 2.24) is 4.57 Å². The quantitative estimate of drug-likeness (QED) is 0.429. The molecule has 4 rings (SSSR count). The van der Waals surface area contributed by atoms with Gasteiger partial charge in [0.05, 0.1) is 23.2 Å². The second kappa shape index (κ2) is 8.83. The maximum Gasteiger partial charge on any atom is 0.420 e. The standard InChI is InChI=1S/C23H21N3O6S/c1-15(26-19-11-4-6-13-21(19)32-23(26)28)22(27)24-16-8-7-9-17(14-16)33(29,30)25-18-10-3-5-12-20(18)31-2/h3-15,25H,1-2H3,(H,24,27)/t15-/m1/s1. The Labute approximate surface area is 189 Å². The number of nitrogens with zero attached hydrogens (tertiary/aromatic N) is 1. The van der Waals surface area contributed by atoms with E-state index in [0.29, 0.717) is 16.8 Å². The van der Waals surface area contributed by atoms with Gasteiger partial charge in [-0.1, -0.05) is 30.3 Å². The zero-order valence-electron chi connectivity index (χ0n) is 17.8. The molecule has 9 nitrogen and oxygen atoms in total. The smallest absolute Gasteiger partial charge is 0.420 e. The molecule has 0 fully saturated rings. The first-order chi connectivity index (χ1) is 15.8. The Morgan fingerprint density at radius 1 is 1.03 bits per heavy atom. The van der Waals surface area contributed by atoms with E-state index in [-0.39, 0.29) is 16.3 Å². The highest BCUT2D eigenvalue weighted by Crippen LogP contribution is 2.27. The summed E-state index contributed by atoms with van der Waals surface area (Å²) < 4.78 is 39.9. The van der Waals surface area contributed by atoms with Crippen molar-refractivity contribution in [2.24, 2.45) is 0 Å². The van der Waals surface area contributed by atoms with Crippen molar-refractivity contribution in [3.8, 4) is 5.75 Å². The third-order valence-electron chi connectivity index (χ3n) is 5.05. The minimum atomic E-state index is -3.95. The number of amides is 1. The summed E-state index contributed by atoms with van der Waals surface area (Å²) in [4.78, 5) is 25.1. The van der Waals surface area contributed by atoms with E-state index in [2.05, 4.69) is 10.0 Å². The number of sulfonamides is 1. The molecule has 0 saturated heterocycles. The lowest BCUT2D eigenvalue weighted by Crippen LogP contribution is -2.29. The molecule has 10 heteroatoms. The highest BCUT2D eigenvalue weighted by Gasteiger charge is 2.22. The van der Waals surface area contributed by atoms with Gasteiger partial charge in [-0.05, 0) is 49.4 Å². The Balaban J connectivity index is 1.57. The summed E-state index contributed by atoms with van der Waals surface area (Å²) in [7, 11) is -2.51. The Bertz CT molecular complexity index is 1490. The Kier molecular flexibility index (Phi) is 5.93. The van der Waals surface area contributed by atoms with E-state index in [1.807, 2.05) is 0 Å². The monoisotopic (exact) mass is 467 g/mol. The molecule has 0 saturated carbocycles. The summed E-state index contributed by atoms with van der Waals surface area (Å²) in [5.74, 6) is -0.788. The number of hydrogen-bond donors (Lipinski definition) is 2. The molecular weight excluding hydrogens is 446 g/mol. The van der Waals surface area contributed by atoms with E-state index < -0.39 is 27.7 Å². The summed E-state index contributed by atoms with van der Waals surface area (Å²) in [6.07, 6.45) is 0. The van der Waals surface area contributed by atoms with E-state index in [9.17, 15) is 18.0 Å². The lowest BCUT2D eigenvalue weighted by atomic mass is 10.2. The van der Waals surface area contributed by atoms with Crippen molar-refractivity contribution >= 4 is 38.4 Å². The molecule has 1 aromatic heterocycles. The van der Waals surface area contributed by atoms with Crippen LogP contribution in [0.25, 0.3) is 11.1 Å². The lowest BCUT2D eigenvalue weighted by Gasteiger charge is -2.15. The van der Waals surface area contributed by atoms with Crippen LogP contribution in [0.3, 0.4) is 0 Å². The molecule has 1 atom stereocenters. The topological polar surface area (TPSA) is 120 Å². The van der Waals surface area contributed by atoms with Gasteiger partial charge in [0.15, 0.2) is 5.58 Å². The fourth-order valence-electron chi connectivity index (χ4n) is 3.39. The van der Waals surface area contributed by atoms with Gasteiger partial charge in [0.25, 0.3) is 10.0 Å².